The van der Waals surface area contributed by atoms with Gasteiger partial charge in [0, 0.05) is 50.3 Å². The Morgan fingerprint density at radius 3 is 1.95 bits per heavy atom. The minimum atomic E-state index is -5.08. The molecule has 2 aliphatic rings. The lowest BCUT2D eigenvalue weighted by Crippen LogP contribution is -2.50. The fourth-order valence-electron chi connectivity index (χ4n) is 3.99. The number of hydrogen-bond donors (Lipinski definition) is 2. The van der Waals surface area contributed by atoms with Gasteiger partial charge in [-0.2, -0.15) is 26.3 Å². The van der Waals surface area contributed by atoms with E-state index >= 15 is 0 Å². The van der Waals surface area contributed by atoms with Crippen molar-refractivity contribution in [2.75, 3.05) is 37.8 Å². The Kier molecular flexibility index (Phi) is 11.2. The second kappa shape index (κ2) is 13.9. The van der Waals surface area contributed by atoms with Crippen LogP contribution in [0.3, 0.4) is 0 Å². The fourth-order valence-corrected chi connectivity index (χ4v) is 3.99. The molecule has 0 saturated carbocycles. The van der Waals surface area contributed by atoms with Gasteiger partial charge in [-0.05, 0) is 36.8 Å². The number of carboxylic acids is 2. The van der Waals surface area contributed by atoms with Gasteiger partial charge in [-0.15, -0.1) is 0 Å². The highest BCUT2D eigenvalue weighted by molar-refractivity contribution is 5.73. The third kappa shape index (κ3) is 10.2. The van der Waals surface area contributed by atoms with Crippen LogP contribution in [0.1, 0.15) is 19.3 Å². The van der Waals surface area contributed by atoms with Crippen LogP contribution in [0.25, 0.3) is 0 Å². The lowest BCUT2D eigenvalue weighted by atomic mass is 9.66. The molecule has 16 heteroatoms. The summed E-state index contributed by atoms with van der Waals surface area (Å²) in [5.41, 5.74) is 0.290. The Bertz CT molecular complexity index is 1010. The molecule has 2 N–H and O–H groups in total. The number of hydrogen-bond acceptors (Lipinski definition) is 8. The van der Waals surface area contributed by atoms with Crippen molar-refractivity contribution in [3.05, 3.63) is 42.9 Å². The quantitative estimate of drug-likeness (QED) is 0.524. The van der Waals surface area contributed by atoms with Crippen LogP contribution in [-0.2, 0) is 14.3 Å². The summed E-state index contributed by atoms with van der Waals surface area (Å²) in [5.74, 6) is -3.58. The summed E-state index contributed by atoms with van der Waals surface area (Å²) in [5, 5.41) is 14.2. The summed E-state index contributed by atoms with van der Waals surface area (Å²) in [6.45, 7) is 4.27. The number of pyridine rings is 1. The van der Waals surface area contributed by atoms with Crippen molar-refractivity contribution in [3.8, 4) is 5.88 Å². The van der Waals surface area contributed by atoms with E-state index in [2.05, 4.69) is 19.9 Å². The molecule has 2 fully saturated rings. The average Bonchev–Trinajstić information content (AvgIpc) is 2.89. The van der Waals surface area contributed by atoms with E-state index < -0.39 is 24.3 Å². The second-order valence-corrected chi connectivity index (χ2v) is 8.50. The first-order valence-electron chi connectivity index (χ1n) is 11.5. The number of nitrogens with zero attached hydrogens (tertiary/aromatic N) is 4. The molecule has 0 aliphatic carbocycles. The van der Waals surface area contributed by atoms with Gasteiger partial charge in [0.2, 0.25) is 11.8 Å². The molecule has 39 heavy (non-hydrogen) atoms. The molecule has 1 unspecified atom stereocenters. The highest BCUT2D eigenvalue weighted by Crippen LogP contribution is 2.45. The Morgan fingerprint density at radius 2 is 1.46 bits per heavy atom. The van der Waals surface area contributed by atoms with E-state index in [1.807, 2.05) is 36.7 Å². The van der Waals surface area contributed by atoms with Crippen LogP contribution >= 0.6 is 0 Å². The van der Waals surface area contributed by atoms with E-state index in [1.165, 1.54) is 0 Å². The van der Waals surface area contributed by atoms with Gasteiger partial charge in [0.15, 0.2) is 0 Å². The van der Waals surface area contributed by atoms with Gasteiger partial charge in [0.25, 0.3) is 0 Å². The topological polar surface area (TPSA) is 135 Å². The van der Waals surface area contributed by atoms with Crippen LogP contribution in [0.2, 0.25) is 0 Å². The third-order valence-electron chi connectivity index (χ3n) is 6.08. The van der Waals surface area contributed by atoms with E-state index in [1.54, 1.807) is 6.20 Å². The highest BCUT2D eigenvalue weighted by Gasteiger charge is 2.44. The van der Waals surface area contributed by atoms with Crippen LogP contribution in [0.15, 0.2) is 42.9 Å². The fraction of sp³-hybridized carbons (Fsp3) is 0.522. The zero-order valence-corrected chi connectivity index (χ0v) is 20.4. The first kappa shape index (κ1) is 31.5. The van der Waals surface area contributed by atoms with Gasteiger partial charge in [0.1, 0.15) is 0 Å². The number of ether oxygens (including phenoxy) is 2. The first-order valence-corrected chi connectivity index (χ1v) is 11.5. The molecule has 0 bridgehead atoms. The molecular weight excluding hydrogens is 542 g/mol. The number of halogens is 6. The number of carbonyl (C=O) groups is 2. The summed E-state index contributed by atoms with van der Waals surface area (Å²) in [7, 11) is 0. The standard InChI is InChI=1S/C19H24N4O2.2C2HF3O2/c1-2-8-20-17(4-1)25-15-16-14-24-13-7-19(16)5-11-23(12-6-19)18-21-9-3-10-22-18;2*3-2(4,5)1(6)7/h1-4,8-10,16H,5-7,11-15H2;2*(H,6,7). The first-order chi connectivity index (χ1) is 18.2. The average molecular weight is 568 g/mol. The van der Waals surface area contributed by atoms with Crippen LogP contribution in [0, 0.1) is 11.3 Å². The van der Waals surface area contributed by atoms with Crippen molar-refractivity contribution in [1.82, 2.24) is 15.0 Å². The molecular formula is C23H26F6N4O6. The summed E-state index contributed by atoms with van der Waals surface area (Å²) in [4.78, 5) is 33.1. The lowest BCUT2D eigenvalue weighted by Gasteiger charge is -2.48. The summed E-state index contributed by atoms with van der Waals surface area (Å²) >= 11 is 0. The maximum atomic E-state index is 10.6. The molecule has 1 atom stereocenters. The van der Waals surface area contributed by atoms with E-state index in [0.29, 0.717) is 18.4 Å². The predicted octanol–water partition coefficient (Wildman–Crippen LogP) is 3.84. The number of alkyl halides is 6. The van der Waals surface area contributed by atoms with Crippen molar-refractivity contribution < 1.29 is 55.6 Å². The third-order valence-corrected chi connectivity index (χ3v) is 6.08. The molecule has 2 aromatic rings. The molecule has 2 saturated heterocycles. The van der Waals surface area contributed by atoms with Gasteiger partial charge in [-0.25, -0.2) is 24.5 Å². The van der Waals surface area contributed by atoms with E-state index in [-0.39, 0.29) is 5.41 Å². The lowest BCUT2D eigenvalue weighted by molar-refractivity contribution is -0.193. The van der Waals surface area contributed by atoms with Crippen LogP contribution in [0.5, 0.6) is 5.88 Å². The van der Waals surface area contributed by atoms with Crippen LogP contribution < -0.4 is 9.64 Å². The largest absolute Gasteiger partial charge is 0.490 e. The minimum Gasteiger partial charge on any atom is -0.477 e. The molecule has 4 rings (SSSR count). The van der Waals surface area contributed by atoms with E-state index in [4.69, 9.17) is 29.3 Å². The summed E-state index contributed by atoms with van der Waals surface area (Å²) in [6.07, 6.45) is -1.42. The zero-order valence-electron chi connectivity index (χ0n) is 20.4. The molecule has 2 aliphatic heterocycles. The van der Waals surface area contributed by atoms with Gasteiger partial charge >= 0.3 is 24.3 Å². The number of piperidine rings is 1. The molecule has 10 nitrogen and oxygen atoms in total. The number of rotatable bonds is 4. The van der Waals surface area contributed by atoms with Crippen molar-refractivity contribution in [2.24, 2.45) is 11.3 Å². The summed E-state index contributed by atoms with van der Waals surface area (Å²) in [6, 6.07) is 7.62. The Labute approximate surface area is 218 Å². The van der Waals surface area contributed by atoms with Gasteiger partial charge < -0.3 is 24.6 Å². The summed E-state index contributed by atoms with van der Waals surface area (Å²) < 4.78 is 75.2. The van der Waals surface area contributed by atoms with E-state index in [9.17, 15) is 26.3 Å². The van der Waals surface area contributed by atoms with Crippen molar-refractivity contribution in [2.45, 2.75) is 31.6 Å². The smallest absolute Gasteiger partial charge is 0.477 e. The molecule has 1 spiro atoms. The van der Waals surface area contributed by atoms with Gasteiger partial charge in [-0.1, -0.05) is 6.07 Å². The van der Waals surface area contributed by atoms with Crippen LogP contribution in [-0.4, -0.2) is 82.4 Å². The maximum Gasteiger partial charge on any atom is 0.490 e. The number of aromatic nitrogens is 3. The molecule has 0 radical (unpaired) electrons. The highest BCUT2D eigenvalue weighted by atomic mass is 19.4. The second-order valence-electron chi connectivity index (χ2n) is 8.50. The van der Waals surface area contributed by atoms with Crippen molar-refractivity contribution in [3.63, 3.8) is 0 Å². The zero-order chi connectivity index (χ0) is 29.1. The van der Waals surface area contributed by atoms with Crippen molar-refractivity contribution >= 4 is 17.9 Å². The normalized spacial score (nSPS) is 18.6. The molecule has 2 aromatic heterocycles. The monoisotopic (exact) mass is 568 g/mol. The SMILES string of the molecule is O=C(O)C(F)(F)F.O=C(O)C(F)(F)F.c1ccc(OCC2COCCC23CCN(c2ncccn2)CC3)nc1. The Balaban J connectivity index is 0.000000317. The van der Waals surface area contributed by atoms with Crippen LogP contribution in [0.4, 0.5) is 32.3 Å². The van der Waals surface area contributed by atoms with Crippen molar-refractivity contribution in [1.29, 1.82) is 0 Å². The maximum absolute atomic E-state index is 10.6. The Morgan fingerprint density at radius 1 is 0.923 bits per heavy atom. The number of aliphatic carboxylic acids is 2. The van der Waals surface area contributed by atoms with E-state index in [0.717, 1.165) is 51.5 Å². The molecule has 4 heterocycles. The number of carboxylic acid groups (broad SMARTS) is 2. The molecule has 216 valence electrons. The van der Waals surface area contributed by atoms with Gasteiger partial charge in [-0.3, -0.25) is 0 Å². The minimum absolute atomic E-state index is 0.290. The molecule has 0 aromatic carbocycles. The Hall–Kier alpha value is -3.69. The number of anilines is 1. The predicted molar refractivity (Wildman–Crippen MR) is 122 cm³/mol. The van der Waals surface area contributed by atoms with Gasteiger partial charge in [0.05, 0.1) is 13.2 Å². The molecule has 0 amide bonds.